The number of hydrogen-bond donors (Lipinski definition) is 1. The van der Waals surface area contributed by atoms with Crippen LogP contribution in [0.25, 0.3) is 0 Å². The van der Waals surface area contributed by atoms with Gasteiger partial charge in [0.2, 0.25) is 10.0 Å². The Bertz CT molecular complexity index is 523. The van der Waals surface area contributed by atoms with Gasteiger partial charge in [-0.25, -0.2) is 8.42 Å². The van der Waals surface area contributed by atoms with Gasteiger partial charge in [0.25, 0.3) is 0 Å². The Kier molecular flexibility index (Phi) is 4.28. The molecule has 1 unspecified atom stereocenters. The minimum absolute atomic E-state index is 0.268. The van der Waals surface area contributed by atoms with E-state index in [1.165, 1.54) is 0 Å². The second kappa shape index (κ2) is 5.61. The Morgan fingerprint density at radius 1 is 1.26 bits per heavy atom. The van der Waals surface area contributed by atoms with Gasteiger partial charge >= 0.3 is 0 Å². The molecule has 1 aliphatic heterocycles. The molecule has 1 saturated heterocycles. The monoisotopic (exact) mass is 282 g/mol. The number of sulfonamides is 1. The molecule has 1 heterocycles. The van der Waals surface area contributed by atoms with Crippen LogP contribution in [0.4, 0.5) is 0 Å². The quantitative estimate of drug-likeness (QED) is 0.916. The molecule has 106 valence electrons. The topological polar surface area (TPSA) is 49.4 Å². The van der Waals surface area contributed by atoms with Gasteiger partial charge in [0, 0.05) is 19.1 Å². The lowest BCUT2D eigenvalue weighted by Crippen LogP contribution is -2.33. The van der Waals surface area contributed by atoms with Crippen LogP contribution in [-0.2, 0) is 10.0 Å². The highest BCUT2D eigenvalue weighted by molar-refractivity contribution is 7.89. The summed E-state index contributed by atoms with van der Waals surface area (Å²) < 4.78 is 26.5. The number of rotatable bonds is 4. The number of likely N-dealkylation sites (N-methyl/N-ethyl adjacent to an activating group) is 1. The molecule has 1 fully saturated rings. The van der Waals surface area contributed by atoms with Gasteiger partial charge in [-0.15, -0.1) is 0 Å². The normalized spacial score (nSPS) is 21.2. The van der Waals surface area contributed by atoms with Gasteiger partial charge in [-0.2, -0.15) is 4.31 Å². The SMILES string of the molecule is CNC1CCN(S(=O)(=O)c2ccc(C(C)C)cc2)C1. The predicted octanol–water partition coefficient (Wildman–Crippen LogP) is 1.79. The van der Waals surface area contributed by atoms with Crippen molar-refractivity contribution in [1.82, 2.24) is 9.62 Å². The van der Waals surface area contributed by atoms with Crippen LogP contribution in [0.5, 0.6) is 0 Å². The van der Waals surface area contributed by atoms with Gasteiger partial charge in [0.1, 0.15) is 0 Å². The molecule has 0 spiro atoms. The van der Waals surface area contributed by atoms with Crippen LogP contribution in [0.1, 0.15) is 31.7 Å². The van der Waals surface area contributed by atoms with E-state index in [1.807, 2.05) is 19.2 Å². The first kappa shape index (κ1) is 14.5. The predicted molar refractivity (Wildman–Crippen MR) is 76.8 cm³/mol. The molecule has 0 radical (unpaired) electrons. The lowest BCUT2D eigenvalue weighted by Gasteiger charge is -2.17. The maximum atomic E-state index is 12.5. The fourth-order valence-electron chi connectivity index (χ4n) is 2.36. The van der Waals surface area contributed by atoms with Crippen LogP contribution in [0.15, 0.2) is 29.2 Å². The highest BCUT2D eigenvalue weighted by atomic mass is 32.2. The number of nitrogens with one attached hydrogen (secondary N) is 1. The summed E-state index contributed by atoms with van der Waals surface area (Å²) in [6.45, 7) is 5.35. The zero-order chi connectivity index (χ0) is 14.0. The smallest absolute Gasteiger partial charge is 0.243 e. The van der Waals surface area contributed by atoms with E-state index in [4.69, 9.17) is 0 Å². The maximum absolute atomic E-state index is 12.5. The van der Waals surface area contributed by atoms with Crippen LogP contribution < -0.4 is 5.32 Å². The number of hydrogen-bond acceptors (Lipinski definition) is 3. The third-order valence-electron chi connectivity index (χ3n) is 3.74. The number of nitrogens with zero attached hydrogens (tertiary/aromatic N) is 1. The van der Waals surface area contributed by atoms with Crippen molar-refractivity contribution >= 4 is 10.0 Å². The molecule has 1 aliphatic rings. The van der Waals surface area contributed by atoms with Gasteiger partial charge in [-0.1, -0.05) is 26.0 Å². The zero-order valence-electron chi connectivity index (χ0n) is 11.8. The lowest BCUT2D eigenvalue weighted by molar-refractivity contribution is 0.464. The first-order valence-corrected chi connectivity index (χ1v) is 8.16. The molecular weight excluding hydrogens is 260 g/mol. The summed E-state index contributed by atoms with van der Waals surface area (Å²) in [5.74, 6) is 0.414. The largest absolute Gasteiger partial charge is 0.316 e. The van der Waals surface area contributed by atoms with Crippen LogP contribution in [0, 0.1) is 0 Å². The Hall–Kier alpha value is -0.910. The molecule has 2 rings (SSSR count). The van der Waals surface area contributed by atoms with E-state index in [0.717, 1.165) is 12.0 Å². The molecule has 5 heteroatoms. The summed E-state index contributed by atoms with van der Waals surface area (Å²) in [5, 5.41) is 3.14. The third kappa shape index (κ3) is 2.99. The van der Waals surface area contributed by atoms with E-state index in [-0.39, 0.29) is 6.04 Å². The van der Waals surface area contributed by atoms with Crippen molar-refractivity contribution < 1.29 is 8.42 Å². The highest BCUT2D eigenvalue weighted by Gasteiger charge is 2.31. The van der Waals surface area contributed by atoms with Gasteiger partial charge in [-0.05, 0) is 37.1 Å². The van der Waals surface area contributed by atoms with Crippen molar-refractivity contribution in [3.05, 3.63) is 29.8 Å². The molecule has 19 heavy (non-hydrogen) atoms. The Balaban J connectivity index is 2.20. The minimum atomic E-state index is -3.33. The van der Waals surface area contributed by atoms with E-state index in [1.54, 1.807) is 16.4 Å². The minimum Gasteiger partial charge on any atom is -0.316 e. The van der Waals surface area contributed by atoms with Crippen LogP contribution in [0.2, 0.25) is 0 Å². The van der Waals surface area contributed by atoms with Gasteiger partial charge in [0.05, 0.1) is 4.90 Å². The molecule has 0 bridgehead atoms. The maximum Gasteiger partial charge on any atom is 0.243 e. The fraction of sp³-hybridized carbons (Fsp3) is 0.571. The summed E-state index contributed by atoms with van der Waals surface area (Å²) in [4.78, 5) is 0.397. The van der Waals surface area contributed by atoms with Gasteiger partial charge < -0.3 is 5.32 Å². The summed E-state index contributed by atoms with van der Waals surface area (Å²) in [6, 6.07) is 7.52. The summed E-state index contributed by atoms with van der Waals surface area (Å²) in [5.41, 5.74) is 1.16. The lowest BCUT2D eigenvalue weighted by atomic mass is 10.0. The number of benzene rings is 1. The van der Waals surface area contributed by atoms with Crippen molar-refractivity contribution in [2.24, 2.45) is 0 Å². The van der Waals surface area contributed by atoms with Crippen molar-refractivity contribution in [3.63, 3.8) is 0 Å². The summed E-state index contributed by atoms with van der Waals surface area (Å²) in [7, 11) is -1.46. The Morgan fingerprint density at radius 2 is 1.89 bits per heavy atom. The summed E-state index contributed by atoms with van der Waals surface area (Å²) in [6.07, 6.45) is 0.875. The Morgan fingerprint density at radius 3 is 2.37 bits per heavy atom. The zero-order valence-corrected chi connectivity index (χ0v) is 12.6. The van der Waals surface area contributed by atoms with Crippen LogP contribution in [-0.4, -0.2) is 38.9 Å². The molecule has 1 N–H and O–H groups in total. The molecular formula is C14H22N2O2S. The molecule has 0 aromatic heterocycles. The van der Waals surface area contributed by atoms with Gasteiger partial charge in [0.15, 0.2) is 0 Å². The molecule has 0 amide bonds. The van der Waals surface area contributed by atoms with Crippen LogP contribution >= 0.6 is 0 Å². The van der Waals surface area contributed by atoms with Gasteiger partial charge in [-0.3, -0.25) is 0 Å². The molecule has 1 atom stereocenters. The molecule has 0 saturated carbocycles. The molecule has 0 aliphatic carbocycles. The molecule has 1 aromatic rings. The molecule has 4 nitrogen and oxygen atoms in total. The van der Waals surface area contributed by atoms with E-state index in [0.29, 0.717) is 23.9 Å². The standard InChI is InChI=1S/C14H22N2O2S/c1-11(2)12-4-6-14(7-5-12)19(17,18)16-9-8-13(10-16)15-3/h4-7,11,13,15H,8-10H2,1-3H3. The average molecular weight is 282 g/mol. The molecule has 1 aromatic carbocycles. The summed E-state index contributed by atoms with van der Waals surface area (Å²) >= 11 is 0. The van der Waals surface area contributed by atoms with E-state index in [2.05, 4.69) is 19.2 Å². The Labute approximate surface area is 115 Å². The highest BCUT2D eigenvalue weighted by Crippen LogP contribution is 2.23. The van der Waals surface area contributed by atoms with Crippen molar-refractivity contribution in [2.45, 2.75) is 37.1 Å². The van der Waals surface area contributed by atoms with Crippen LogP contribution in [0.3, 0.4) is 0 Å². The van der Waals surface area contributed by atoms with Crippen molar-refractivity contribution in [3.8, 4) is 0 Å². The van der Waals surface area contributed by atoms with Crippen molar-refractivity contribution in [1.29, 1.82) is 0 Å². The first-order valence-electron chi connectivity index (χ1n) is 6.72. The average Bonchev–Trinajstić information content (AvgIpc) is 2.88. The third-order valence-corrected chi connectivity index (χ3v) is 5.62. The van der Waals surface area contributed by atoms with Crippen molar-refractivity contribution in [2.75, 3.05) is 20.1 Å². The van der Waals surface area contributed by atoms with E-state index >= 15 is 0 Å². The van der Waals surface area contributed by atoms with E-state index < -0.39 is 10.0 Å². The second-order valence-electron chi connectivity index (χ2n) is 5.36. The van der Waals surface area contributed by atoms with E-state index in [9.17, 15) is 8.42 Å². The fourth-order valence-corrected chi connectivity index (χ4v) is 3.86. The first-order chi connectivity index (χ1) is 8.95. The second-order valence-corrected chi connectivity index (χ2v) is 7.30.